The molecule has 0 atom stereocenters. The summed E-state index contributed by atoms with van der Waals surface area (Å²) in [5.41, 5.74) is 5.89. The van der Waals surface area contributed by atoms with Gasteiger partial charge in [-0.1, -0.05) is 6.07 Å². The van der Waals surface area contributed by atoms with Gasteiger partial charge < -0.3 is 10.5 Å². The van der Waals surface area contributed by atoms with Crippen LogP contribution in [-0.2, 0) is 9.53 Å². The summed E-state index contributed by atoms with van der Waals surface area (Å²) >= 11 is 1.51. The van der Waals surface area contributed by atoms with Gasteiger partial charge in [0.05, 0.1) is 19.2 Å². The van der Waals surface area contributed by atoms with E-state index in [1.165, 1.54) is 24.9 Å². The van der Waals surface area contributed by atoms with Crippen LogP contribution in [0.1, 0.15) is 19.3 Å². The number of hydrogen-bond donors (Lipinski definition) is 1. The third kappa shape index (κ3) is 2.96. The topological polar surface area (TPSA) is 52.3 Å². The average Bonchev–Trinajstić information content (AvgIpc) is 3.11. The van der Waals surface area contributed by atoms with E-state index in [1.807, 2.05) is 0 Å². The molecule has 0 amide bonds. The molecule has 0 saturated heterocycles. The maximum atomic E-state index is 13.3. The number of esters is 1. The number of para-hydroxylation sites is 1. The van der Waals surface area contributed by atoms with Gasteiger partial charge in [-0.15, -0.1) is 11.8 Å². The van der Waals surface area contributed by atoms with Gasteiger partial charge in [0.25, 0.3) is 0 Å². The molecule has 1 aromatic rings. The summed E-state index contributed by atoms with van der Waals surface area (Å²) in [5, 5.41) is 0. The first-order chi connectivity index (χ1) is 8.56. The van der Waals surface area contributed by atoms with Crippen molar-refractivity contribution in [1.82, 2.24) is 0 Å². The first-order valence-corrected chi connectivity index (χ1v) is 6.78. The van der Waals surface area contributed by atoms with Gasteiger partial charge in [0.1, 0.15) is 5.82 Å². The fraction of sp³-hybridized carbons (Fsp3) is 0.462. The third-order valence-corrected chi connectivity index (χ3v) is 4.67. The molecule has 98 valence electrons. The van der Waals surface area contributed by atoms with E-state index in [0.717, 1.165) is 23.5 Å². The van der Waals surface area contributed by atoms with Gasteiger partial charge in [-0.05, 0) is 30.4 Å². The van der Waals surface area contributed by atoms with Gasteiger partial charge in [-0.2, -0.15) is 0 Å². The second-order valence-corrected chi connectivity index (χ2v) is 5.71. The van der Waals surface area contributed by atoms with Crippen LogP contribution in [0.5, 0.6) is 0 Å². The number of halogens is 1. The Kier molecular flexibility index (Phi) is 3.80. The summed E-state index contributed by atoms with van der Waals surface area (Å²) in [4.78, 5) is 12.0. The first kappa shape index (κ1) is 13.2. The lowest BCUT2D eigenvalue weighted by Crippen LogP contribution is -2.13. The minimum Gasteiger partial charge on any atom is -0.469 e. The van der Waals surface area contributed by atoms with Crippen LogP contribution in [0.2, 0.25) is 0 Å². The molecule has 0 bridgehead atoms. The van der Waals surface area contributed by atoms with E-state index < -0.39 is 5.82 Å². The van der Waals surface area contributed by atoms with Crippen molar-refractivity contribution >= 4 is 23.4 Å². The number of carbonyl (C=O) groups excluding carboxylic acids is 1. The summed E-state index contributed by atoms with van der Waals surface area (Å²) in [7, 11) is 1.40. The molecule has 0 aliphatic heterocycles. The van der Waals surface area contributed by atoms with Crippen LogP contribution >= 0.6 is 11.8 Å². The van der Waals surface area contributed by atoms with Crippen molar-refractivity contribution in [3.8, 4) is 0 Å². The highest BCUT2D eigenvalue weighted by molar-refractivity contribution is 7.99. The zero-order chi connectivity index (χ0) is 13.2. The highest BCUT2D eigenvalue weighted by atomic mass is 32.2. The van der Waals surface area contributed by atoms with Crippen molar-refractivity contribution in [2.75, 3.05) is 18.6 Å². The fourth-order valence-electron chi connectivity index (χ4n) is 1.80. The Morgan fingerprint density at radius 3 is 2.89 bits per heavy atom. The summed E-state index contributed by atoms with van der Waals surface area (Å²) < 4.78 is 18.0. The highest BCUT2D eigenvalue weighted by Crippen LogP contribution is 2.52. The predicted octanol–water partition coefficient (Wildman–Crippen LogP) is 2.84. The number of thioether (sulfide) groups is 1. The molecule has 5 heteroatoms. The van der Waals surface area contributed by atoms with E-state index >= 15 is 0 Å². The molecule has 0 spiro atoms. The number of carbonyl (C=O) groups is 1. The lowest BCUT2D eigenvalue weighted by molar-refractivity contribution is -0.141. The van der Waals surface area contributed by atoms with Gasteiger partial charge in [0, 0.05) is 10.6 Å². The number of hydrogen-bond acceptors (Lipinski definition) is 4. The Balaban J connectivity index is 1.95. The molecule has 1 saturated carbocycles. The number of ether oxygens (including phenoxy) is 1. The summed E-state index contributed by atoms with van der Waals surface area (Å²) in [6.07, 6.45) is 2.47. The Labute approximate surface area is 110 Å². The molecule has 1 aliphatic rings. The monoisotopic (exact) mass is 269 g/mol. The van der Waals surface area contributed by atoms with Crippen molar-refractivity contribution in [2.45, 2.75) is 24.2 Å². The van der Waals surface area contributed by atoms with Gasteiger partial charge >= 0.3 is 5.97 Å². The molecule has 1 fully saturated rings. The van der Waals surface area contributed by atoms with E-state index in [2.05, 4.69) is 4.74 Å². The molecule has 0 unspecified atom stereocenters. The third-order valence-electron chi connectivity index (χ3n) is 3.25. The molecular formula is C13H16FNO2S. The predicted molar refractivity (Wildman–Crippen MR) is 69.8 cm³/mol. The minimum absolute atomic E-state index is 0.0243. The molecule has 0 heterocycles. The van der Waals surface area contributed by atoms with Gasteiger partial charge in [0.2, 0.25) is 0 Å². The molecule has 1 aromatic carbocycles. The Morgan fingerprint density at radius 2 is 2.28 bits per heavy atom. The van der Waals surface area contributed by atoms with Gasteiger partial charge in [0.15, 0.2) is 0 Å². The fourth-order valence-corrected chi connectivity index (χ4v) is 3.08. The number of methoxy groups -OCH3 is 1. The average molecular weight is 269 g/mol. The maximum Gasteiger partial charge on any atom is 0.306 e. The van der Waals surface area contributed by atoms with Crippen LogP contribution < -0.4 is 5.73 Å². The van der Waals surface area contributed by atoms with E-state index in [1.54, 1.807) is 12.1 Å². The van der Waals surface area contributed by atoms with Crippen LogP contribution in [0, 0.1) is 11.2 Å². The molecular weight excluding hydrogens is 253 g/mol. The zero-order valence-corrected chi connectivity index (χ0v) is 11.1. The van der Waals surface area contributed by atoms with E-state index in [4.69, 9.17) is 5.73 Å². The quantitative estimate of drug-likeness (QED) is 0.507. The van der Waals surface area contributed by atoms with Gasteiger partial charge in [-0.3, -0.25) is 4.79 Å². The normalized spacial score (nSPS) is 16.3. The van der Waals surface area contributed by atoms with Crippen LogP contribution in [0.25, 0.3) is 0 Å². The minimum atomic E-state index is -0.391. The number of anilines is 1. The van der Waals surface area contributed by atoms with E-state index in [9.17, 15) is 9.18 Å². The zero-order valence-electron chi connectivity index (χ0n) is 10.2. The Bertz CT molecular complexity index is 460. The number of benzene rings is 1. The van der Waals surface area contributed by atoms with Crippen molar-refractivity contribution in [3.63, 3.8) is 0 Å². The molecule has 2 rings (SSSR count). The van der Waals surface area contributed by atoms with Crippen LogP contribution in [0.4, 0.5) is 10.1 Å². The largest absolute Gasteiger partial charge is 0.469 e. The summed E-state index contributed by atoms with van der Waals surface area (Å²) in [6.45, 7) is 0. The molecule has 2 N–H and O–H groups in total. The number of nitrogens with two attached hydrogens (primary N) is 1. The number of nitrogen functional groups attached to an aromatic ring is 1. The summed E-state index contributed by atoms with van der Waals surface area (Å²) in [5.74, 6) is 0.202. The first-order valence-electron chi connectivity index (χ1n) is 5.80. The Morgan fingerprint density at radius 1 is 1.56 bits per heavy atom. The lowest BCUT2D eigenvalue weighted by atomic mass is 10.1. The molecule has 3 nitrogen and oxygen atoms in total. The highest BCUT2D eigenvalue weighted by Gasteiger charge is 2.44. The van der Waals surface area contributed by atoms with Crippen molar-refractivity contribution < 1.29 is 13.9 Å². The Hall–Kier alpha value is -1.23. The number of rotatable bonds is 5. The summed E-state index contributed by atoms with van der Waals surface area (Å²) in [6, 6.07) is 4.80. The van der Waals surface area contributed by atoms with Gasteiger partial charge in [-0.25, -0.2) is 4.39 Å². The van der Waals surface area contributed by atoms with Crippen molar-refractivity contribution in [1.29, 1.82) is 0 Å². The van der Waals surface area contributed by atoms with E-state index in [0.29, 0.717) is 6.42 Å². The smallest absolute Gasteiger partial charge is 0.306 e. The SMILES string of the molecule is COC(=O)CC1(CSc2cccc(F)c2N)CC1. The van der Waals surface area contributed by atoms with Crippen molar-refractivity contribution in [3.05, 3.63) is 24.0 Å². The molecule has 0 radical (unpaired) electrons. The van der Waals surface area contributed by atoms with Crippen LogP contribution in [0.15, 0.2) is 23.1 Å². The van der Waals surface area contributed by atoms with Crippen LogP contribution in [0.3, 0.4) is 0 Å². The second-order valence-electron chi connectivity index (χ2n) is 4.69. The van der Waals surface area contributed by atoms with Crippen molar-refractivity contribution in [2.24, 2.45) is 5.41 Å². The molecule has 18 heavy (non-hydrogen) atoms. The van der Waals surface area contributed by atoms with Crippen LogP contribution in [-0.4, -0.2) is 18.8 Å². The maximum absolute atomic E-state index is 13.3. The van der Waals surface area contributed by atoms with E-state index in [-0.39, 0.29) is 17.1 Å². The molecule has 1 aliphatic carbocycles. The molecule has 0 aromatic heterocycles. The standard InChI is InChI=1S/C13H16FNO2S/c1-17-11(16)7-13(5-6-13)8-18-10-4-2-3-9(14)12(10)15/h2-4H,5-8,15H2,1H3. The second kappa shape index (κ2) is 5.18. The lowest BCUT2D eigenvalue weighted by Gasteiger charge is -2.14.